The van der Waals surface area contributed by atoms with E-state index in [9.17, 15) is 0 Å². The number of benzene rings is 2. The topological polar surface area (TPSA) is 59.2 Å². The number of pyridine rings is 1. The van der Waals surface area contributed by atoms with Crippen LogP contribution in [-0.4, -0.2) is 36.0 Å². The van der Waals surface area contributed by atoms with Gasteiger partial charge in [0, 0.05) is 28.2 Å². The van der Waals surface area contributed by atoms with Gasteiger partial charge in [0.2, 0.25) is 0 Å². The van der Waals surface area contributed by atoms with E-state index in [1.165, 1.54) is 0 Å². The molecule has 29 heavy (non-hydrogen) atoms. The first kappa shape index (κ1) is 18.4. The molecule has 1 aliphatic heterocycles. The van der Waals surface area contributed by atoms with Crippen molar-refractivity contribution in [3.05, 3.63) is 71.3 Å². The van der Waals surface area contributed by atoms with E-state index in [1.807, 2.05) is 36.5 Å². The highest BCUT2D eigenvalue weighted by atomic mass is 79.9. The third-order valence-electron chi connectivity index (χ3n) is 5.05. The zero-order chi connectivity index (χ0) is 19.6. The van der Waals surface area contributed by atoms with Crippen LogP contribution >= 0.6 is 15.9 Å². The monoisotopic (exact) mass is 449 g/mol. The number of hydrogen-bond donors (Lipinski definition) is 2. The molecule has 3 heterocycles. The maximum absolute atomic E-state index is 5.89. The van der Waals surface area contributed by atoms with Gasteiger partial charge < -0.3 is 14.5 Å². The van der Waals surface area contributed by atoms with E-state index in [2.05, 4.69) is 61.5 Å². The number of nitrogens with zero attached hydrogens (tertiary/aromatic N) is 1. The summed E-state index contributed by atoms with van der Waals surface area (Å²) in [5, 5.41) is 4.24. The summed E-state index contributed by atoms with van der Waals surface area (Å²) in [7, 11) is 0. The summed E-state index contributed by atoms with van der Waals surface area (Å²) in [6.45, 7) is 1.97. The van der Waals surface area contributed by atoms with Gasteiger partial charge in [-0.25, -0.2) is 4.98 Å². The van der Waals surface area contributed by atoms with Gasteiger partial charge in [-0.15, -0.1) is 0 Å². The number of aromatic nitrogens is 2. The summed E-state index contributed by atoms with van der Waals surface area (Å²) in [5.74, 6) is 0.838. The van der Waals surface area contributed by atoms with E-state index >= 15 is 0 Å². The van der Waals surface area contributed by atoms with Crippen molar-refractivity contribution in [3.8, 4) is 28.1 Å². The fourth-order valence-corrected chi connectivity index (χ4v) is 3.97. The molecule has 0 saturated carbocycles. The number of hydrogen-bond acceptors (Lipinski definition) is 4. The Hall–Kier alpha value is -2.67. The molecule has 2 N–H and O–H groups in total. The molecular formula is C23H20BrN3O2. The Morgan fingerprint density at radius 3 is 2.66 bits per heavy atom. The molecule has 1 saturated heterocycles. The van der Waals surface area contributed by atoms with Gasteiger partial charge in [-0.05, 0) is 45.3 Å². The number of fused-ring (bicyclic) bond motifs is 1. The van der Waals surface area contributed by atoms with Crippen molar-refractivity contribution in [2.75, 3.05) is 19.9 Å². The highest BCUT2D eigenvalue weighted by Gasteiger charge is 2.17. The number of H-pyrrole nitrogens is 1. The molecule has 6 heteroatoms. The van der Waals surface area contributed by atoms with Crippen LogP contribution in [0.25, 0.3) is 33.4 Å². The number of nitrogens with one attached hydrogen (secondary N) is 2. The zero-order valence-corrected chi connectivity index (χ0v) is 17.3. The Morgan fingerprint density at radius 1 is 1.07 bits per heavy atom. The molecule has 1 fully saturated rings. The highest BCUT2D eigenvalue weighted by molar-refractivity contribution is 9.10. The molecule has 146 valence electrons. The second kappa shape index (κ2) is 7.99. The maximum Gasteiger partial charge on any atom is 0.138 e. The van der Waals surface area contributed by atoms with Crippen LogP contribution < -0.4 is 10.1 Å². The summed E-state index contributed by atoms with van der Waals surface area (Å²) in [6.07, 6.45) is 1.92. The van der Waals surface area contributed by atoms with Gasteiger partial charge >= 0.3 is 0 Å². The SMILES string of the molecule is Brc1cnc2[nH]c(-c3ccccc3)c(-c3ccc(OCC4CNCO4)cc3)c2c1. The fraction of sp³-hybridized carbons (Fsp3) is 0.174. The molecule has 0 amide bonds. The van der Waals surface area contributed by atoms with Crippen LogP contribution in [-0.2, 0) is 4.74 Å². The first-order chi connectivity index (χ1) is 14.3. The van der Waals surface area contributed by atoms with Crippen LogP contribution in [0.5, 0.6) is 5.75 Å². The summed E-state index contributed by atoms with van der Waals surface area (Å²) in [4.78, 5) is 8.05. The highest BCUT2D eigenvalue weighted by Crippen LogP contribution is 2.39. The van der Waals surface area contributed by atoms with Gasteiger partial charge in [0.25, 0.3) is 0 Å². The average molecular weight is 450 g/mol. The van der Waals surface area contributed by atoms with Crippen LogP contribution in [0, 0.1) is 0 Å². The molecule has 1 aliphatic rings. The minimum atomic E-state index is 0.108. The summed E-state index contributed by atoms with van der Waals surface area (Å²) in [6, 6.07) is 20.7. The second-order valence-electron chi connectivity index (χ2n) is 7.01. The number of aromatic amines is 1. The van der Waals surface area contributed by atoms with Crippen LogP contribution in [0.1, 0.15) is 0 Å². The quantitative estimate of drug-likeness (QED) is 0.450. The number of halogens is 1. The Balaban J connectivity index is 1.52. The fourth-order valence-electron chi connectivity index (χ4n) is 3.64. The second-order valence-corrected chi connectivity index (χ2v) is 7.93. The molecule has 5 rings (SSSR count). The van der Waals surface area contributed by atoms with Crippen molar-refractivity contribution in [3.63, 3.8) is 0 Å². The van der Waals surface area contributed by atoms with Gasteiger partial charge in [-0.2, -0.15) is 0 Å². The van der Waals surface area contributed by atoms with Crippen molar-refractivity contribution in [2.45, 2.75) is 6.10 Å². The molecule has 0 bridgehead atoms. The van der Waals surface area contributed by atoms with E-state index in [-0.39, 0.29) is 6.10 Å². The Morgan fingerprint density at radius 2 is 1.90 bits per heavy atom. The maximum atomic E-state index is 5.89. The van der Waals surface area contributed by atoms with Gasteiger partial charge in [-0.1, -0.05) is 42.5 Å². The van der Waals surface area contributed by atoms with Crippen LogP contribution in [0.3, 0.4) is 0 Å². The van der Waals surface area contributed by atoms with E-state index in [0.717, 1.165) is 50.2 Å². The van der Waals surface area contributed by atoms with E-state index in [4.69, 9.17) is 9.47 Å². The van der Waals surface area contributed by atoms with Crippen LogP contribution in [0.15, 0.2) is 71.3 Å². The van der Waals surface area contributed by atoms with Crippen molar-refractivity contribution in [2.24, 2.45) is 0 Å². The predicted octanol–water partition coefficient (Wildman–Crippen LogP) is 4.98. The summed E-state index contributed by atoms with van der Waals surface area (Å²) in [5.41, 5.74) is 5.30. The molecule has 5 nitrogen and oxygen atoms in total. The molecule has 0 spiro atoms. The van der Waals surface area contributed by atoms with Crippen molar-refractivity contribution < 1.29 is 9.47 Å². The largest absolute Gasteiger partial charge is 0.491 e. The summed E-state index contributed by atoms with van der Waals surface area (Å²) >= 11 is 3.56. The Labute approximate surface area is 177 Å². The molecular weight excluding hydrogens is 430 g/mol. The normalized spacial score (nSPS) is 16.4. The first-order valence-corrected chi connectivity index (χ1v) is 10.4. The Bertz CT molecular complexity index is 1120. The molecule has 1 atom stereocenters. The van der Waals surface area contributed by atoms with Crippen molar-refractivity contribution in [1.82, 2.24) is 15.3 Å². The molecule has 2 aromatic carbocycles. The molecule has 0 aliphatic carbocycles. The lowest BCUT2D eigenvalue weighted by molar-refractivity contribution is 0.0717. The molecule has 4 aromatic rings. The standard InChI is InChI=1S/C23H20BrN3O2/c24-17-10-20-21(22(27-23(20)26-11-17)16-4-2-1-3-5-16)15-6-8-18(9-7-15)28-13-19-12-25-14-29-19/h1-11,19,25H,12-14H2,(H,26,27). The first-order valence-electron chi connectivity index (χ1n) is 9.56. The van der Waals surface area contributed by atoms with E-state index < -0.39 is 0 Å². The molecule has 0 radical (unpaired) electrons. The summed E-state index contributed by atoms with van der Waals surface area (Å²) < 4.78 is 12.4. The zero-order valence-electron chi connectivity index (χ0n) is 15.7. The molecule has 1 unspecified atom stereocenters. The van der Waals surface area contributed by atoms with Gasteiger partial charge in [0.1, 0.15) is 24.1 Å². The third-order valence-corrected chi connectivity index (χ3v) is 5.49. The lowest BCUT2D eigenvalue weighted by Gasteiger charge is -2.11. The van der Waals surface area contributed by atoms with Gasteiger partial charge in [0.15, 0.2) is 0 Å². The minimum Gasteiger partial charge on any atom is -0.491 e. The third kappa shape index (κ3) is 3.79. The van der Waals surface area contributed by atoms with E-state index in [0.29, 0.717) is 13.3 Å². The number of rotatable bonds is 5. The van der Waals surface area contributed by atoms with Gasteiger partial charge in [-0.3, -0.25) is 5.32 Å². The average Bonchev–Trinajstić information content (AvgIpc) is 3.41. The van der Waals surface area contributed by atoms with E-state index in [1.54, 1.807) is 0 Å². The van der Waals surface area contributed by atoms with Crippen molar-refractivity contribution >= 4 is 27.0 Å². The predicted molar refractivity (Wildman–Crippen MR) is 118 cm³/mol. The lowest BCUT2D eigenvalue weighted by atomic mass is 9.99. The smallest absolute Gasteiger partial charge is 0.138 e. The molecule has 2 aromatic heterocycles. The van der Waals surface area contributed by atoms with Crippen LogP contribution in [0.4, 0.5) is 0 Å². The van der Waals surface area contributed by atoms with Gasteiger partial charge in [0.05, 0.1) is 12.4 Å². The minimum absolute atomic E-state index is 0.108. The lowest BCUT2D eigenvalue weighted by Crippen LogP contribution is -2.21. The Kier molecular flexibility index (Phi) is 5.06. The van der Waals surface area contributed by atoms with Crippen LogP contribution in [0.2, 0.25) is 0 Å². The van der Waals surface area contributed by atoms with Crippen molar-refractivity contribution in [1.29, 1.82) is 0 Å². The number of ether oxygens (including phenoxy) is 2.